The van der Waals surface area contributed by atoms with E-state index < -0.39 is 5.41 Å². The van der Waals surface area contributed by atoms with Crippen LogP contribution in [0.5, 0.6) is 0 Å². The van der Waals surface area contributed by atoms with Crippen molar-refractivity contribution in [1.29, 1.82) is 0 Å². The van der Waals surface area contributed by atoms with Gasteiger partial charge in [0.05, 0.1) is 11.8 Å². The highest BCUT2D eigenvalue weighted by Crippen LogP contribution is 2.37. The van der Waals surface area contributed by atoms with Gasteiger partial charge in [-0.05, 0) is 55.2 Å². The van der Waals surface area contributed by atoms with Crippen LogP contribution in [0.1, 0.15) is 30.5 Å². The van der Waals surface area contributed by atoms with Gasteiger partial charge in [-0.3, -0.25) is 14.6 Å². The molecule has 1 N–H and O–H groups in total. The molecular formula is C20H23N3O2. The molecule has 5 nitrogen and oxygen atoms in total. The van der Waals surface area contributed by atoms with Gasteiger partial charge >= 0.3 is 0 Å². The summed E-state index contributed by atoms with van der Waals surface area (Å²) in [6.07, 6.45) is 4.67. The standard InChI is InChI=1S/C20H23N3O2/c1-20(2)16-12-15(4-5-17(16)22-19(20)25)13-18(24)23(3)11-8-14-6-9-21-10-7-14/h4-7,9-10,12H,8,11,13H2,1-3H3,(H,22,25). The SMILES string of the molecule is CN(CCc1ccncc1)C(=O)Cc1ccc2c(c1)C(C)(C)C(=O)N2. The van der Waals surface area contributed by atoms with E-state index >= 15 is 0 Å². The van der Waals surface area contributed by atoms with E-state index in [1.165, 1.54) is 5.56 Å². The lowest BCUT2D eigenvalue weighted by atomic mass is 9.85. The maximum absolute atomic E-state index is 12.5. The number of nitrogens with one attached hydrogen (secondary N) is 1. The van der Waals surface area contributed by atoms with Crippen molar-refractivity contribution in [1.82, 2.24) is 9.88 Å². The lowest BCUT2D eigenvalue weighted by Crippen LogP contribution is -2.30. The van der Waals surface area contributed by atoms with Crippen LogP contribution in [0.3, 0.4) is 0 Å². The van der Waals surface area contributed by atoms with Crippen LogP contribution in [0.2, 0.25) is 0 Å². The Labute approximate surface area is 148 Å². The van der Waals surface area contributed by atoms with E-state index in [2.05, 4.69) is 10.3 Å². The molecular weight excluding hydrogens is 314 g/mol. The van der Waals surface area contributed by atoms with Crippen LogP contribution in [-0.4, -0.2) is 35.3 Å². The molecule has 1 aliphatic heterocycles. The van der Waals surface area contributed by atoms with E-state index in [1.54, 1.807) is 17.3 Å². The molecule has 0 bridgehead atoms. The van der Waals surface area contributed by atoms with Gasteiger partial charge in [-0.2, -0.15) is 0 Å². The summed E-state index contributed by atoms with van der Waals surface area (Å²) in [4.78, 5) is 30.3. The molecule has 5 heteroatoms. The predicted octanol–water partition coefficient (Wildman–Crippen LogP) is 2.55. The van der Waals surface area contributed by atoms with Crippen molar-refractivity contribution in [3.05, 3.63) is 59.4 Å². The number of likely N-dealkylation sites (N-methyl/N-ethyl adjacent to an activating group) is 1. The molecule has 2 aromatic rings. The first-order valence-electron chi connectivity index (χ1n) is 8.45. The van der Waals surface area contributed by atoms with Gasteiger partial charge in [-0.1, -0.05) is 12.1 Å². The van der Waals surface area contributed by atoms with Gasteiger partial charge in [-0.15, -0.1) is 0 Å². The molecule has 2 heterocycles. The molecule has 2 amide bonds. The monoisotopic (exact) mass is 337 g/mol. The number of carbonyl (C=O) groups excluding carboxylic acids is 2. The number of anilines is 1. The first-order chi connectivity index (χ1) is 11.9. The zero-order valence-electron chi connectivity index (χ0n) is 14.9. The number of rotatable bonds is 5. The molecule has 0 aliphatic carbocycles. The summed E-state index contributed by atoms with van der Waals surface area (Å²) in [5.74, 6) is 0.0736. The molecule has 25 heavy (non-hydrogen) atoms. The fourth-order valence-electron chi connectivity index (χ4n) is 3.01. The molecule has 1 aromatic heterocycles. The van der Waals surface area contributed by atoms with Crippen molar-refractivity contribution in [3.63, 3.8) is 0 Å². The van der Waals surface area contributed by atoms with Crippen molar-refractivity contribution >= 4 is 17.5 Å². The highest BCUT2D eigenvalue weighted by atomic mass is 16.2. The fourth-order valence-corrected chi connectivity index (χ4v) is 3.01. The number of hydrogen-bond donors (Lipinski definition) is 1. The zero-order chi connectivity index (χ0) is 18.0. The Morgan fingerprint density at radius 1 is 1.16 bits per heavy atom. The van der Waals surface area contributed by atoms with Gasteiger partial charge in [0.1, 0.15) is 0 Å². The number of hydrogen-bond acceptors (Lipinski definition) is 3. The lowest BCUT2D eigenvalue weighted by molar-refractivity contribution is -0.129. The van der Waals surface area contributed by atoms with Crippen LogP contribution < -0.4 is 5.32 Å². The molecule has 1 aromatic carbocycles. The molecule has 0 spiro atoms. The highest BCUT2D eigenvalue weighted by Gasteiger charge is 2.38. The third-order valence-corrected chi connectivity index (χ3v) is 4.84. The minimum absolute atomic E-state index is 0.000412. The quantitative estimate of drug-likeness (QED) is 0.912. The average molecular weight is 337 g/mol. The Hall–Kier alpha value is -2.69. The normalized spacial score (nSPS) is 14.8. The average Bonchev–Trinajstić information content (AvgIpc) is 2.83. The third kappa shape index (κ3) is 3.55. The van der Waals surface area contributed by atoms with Crippen molar-refractivity contribution in [2.75, 3.05) is 18.9 Å². The third-order valence-electron chi connectivity index (χ3n) is 4.84. The highest BCUT2D eigenvalue weighted by molar-refractivity contribution is 6.05. The van der Waals surface area contributed by atoms with Crippen molar-refractivity contribution in [3.8, 4) is 0 Å². The van der Waals surface area contributed by atoms with E-state index in [0.29, 0.717) is 13.0 Å². The molecule has 0 fully saturated rings. The number of fused-ring (bicyclic) bond motifs is 1. The van der Waals surface area contributed by atoms with Crippen LogP contribution in [0.4, 0.5) is 5.69 Å². The molecule has 3 rings (SSSR count). The molecule has 1 aliphatic rings. The molecule has 0 saturated carbocycles. The molecule has 0 radical (unpaired) electrons. The summed E-state index contributed by atoms with van der Waals surface area (Å²) in [5, 5.41) is 2.89. The Morgan fingerprint density at radius 3 is 2.60 bits per heavy atom. The van der Waals surface area contributed by atoms with Gasteiger partial charge in [-0.25, -0.2) is 0 Å². The lowest BCUT2D eigenvalue weighted by Gasteiger charge is -2.19. The molecule has 130 valence electrons. The smallest absolute Gasteiger partial charge is 0.234 e. The van der Waals surface area contributed by atoms with Gasteiger partial charge in [0.2, 0.25) is 11.8 Å². The Kier molecular flexibility index (Phi) is 4.57. The van der Waals surface area contributed by atoms with E-state index in [-0.39, 0.29) is 11.8 Å². The molecule has 0 unspecified atom stereocenters. The van der Waals surface area contributed by atoms with E-state index in [1.807, 2.05) is 51.2 Å². The van der Waals surface area contributed by atoms with E-state index in [9.17, 15) is 9.59 Å². The zero-order valence-corrected chi connectivity index (χ0v) is 14.9. The second-order valence-corrected chi connectivity index (χ2v) is 7.06. The number of pyridine rings is 1. The van der Waals surface area contributed by atoms with Gasteiger partial charge in [0, 0.05) is 31.7 Å². The summed E-state index contributed by atoms with van der Waals surface area (Å²) >= 11 is 0. The van der Waals surface area contributed by atoms with E-state index in [0.717, 1.165) is 23.2 Å². The topological polar surface area (TPSA) is 62.3 Å². The van der Waals surface area contributed by atoms with Crippen molar-refractivity contribution in [2.24, 2.45) is 0 Å². The van der Waals surface area contributed by atoms with Gasteiger partial charge in [0.15, 0.2) is 0 Å². The number of nitrogens with zero attached hydrogens (tertiary/aromatic N) is 2. The maximum Gasteiger partial charge on any atom is 0.234 e. The van der Waals surface area contributed by atoms with Crippen LogP contribution in [0, 0.1) is 0 Å². The Bertz CT molecular complexity index is 800. The summed E-state index contributed by atoms with van der Waals surface area (Å²) in [6, 6.07) is 9.70. The van der Waals surface area contributed by atoms with Gasteiger partial charge in [0.25, 0.3) is 0 Å². The second kappa shape index (κ2) is 6.67. The van der Waals surface area contributed by atoms with Crippen LogP contribution in [0.25, 0.3) is 0 Å². The van der Waals surface area contributed by atoms with E-state index in [4.69, 9.17) is 0 Å². The predicted molar refractivity (Wildman–Crippen MR) is 97.4 cm³/mol. The van der Waals surface area contributed by atoms with Crippen LogP contribution >= 0.6 is 0 Å². The van der Waals surface area contributed by atoms with Crippen LogP contribution in [0.15, 0.2) is 42.7 Å². The van der Waals surface area contributed by atoms with Gasteiger partial charge < -0.3 is 10.2 Å². The maximum atomic E-state index is 12.5. The summed E-state index contributed by atoms with van der Waals surface area (Å²) in [6.45, 7) is 4.47. The number of amides is 2. The summed E-state index contributed by atoms with van der Waals surface area (Å²) in [7, 11) is 1.83. The molecule has 0 saturated heterocycles. The second-order valence-electron chi connectivity index (χ2n) is 7.06. The van der Waals surface area contributed by atoms with Crippen molar-refractivity contribution in [2.45, 2.75) is 32.1 Å². The Balaban J connectivity index is 1.63. The van der Waals surface area contributed by atoms with Crippen LogP contribution in [-0.2, 0) is 27.8 Å². The number of benzene rings is 1. The summed E-state index contributed by atoms with van der Waals surface area (Å²) in [5.41, 5.74) is 3.35. The van der Waals surface area contributed by atoms with Crippen molar-refractivity contribution < 1.29 is 9.59 Å². The largest absolute Gasteiger partial charge is 0.345 e. The first-order valence-corrected chi connectivity index (χ1v) is 8.45. The minimum Gasteiger partial charge on any atom is -0.345 e. The molecule has 0 atom stereocenters. The summed E-state index contributed by atoms with van der Waals surface area (Å²) < 4.78 is 0. The fraction of sp³-hybridized carbons (Fsp3) is 0.350. The Morgan fingerprint density at radius 2 is 1.88 bits per heavy atom. The first kappa shape index (κ1) is 17.1. The number of carbonyl (C=O) groups is 2. The number of aromatic nitrogens is 1. The minimum atomic E-state index is -0.554.